The second kappa shape index (κ2) is 5.66. The quantitative estimate of drug-likeness (QED) is 0.790. The Morgan fingerprint density at radius 3 is 2.80 bits per heavy atom. The number of rotatable bonds is 5. The molecule has 0 saturated carbocycles. The molecule has 0 aliphatic carbocycles. The molecule has 1 unspecified atom stereocenters. The zero-order chi connectivity index (χ0) is 14.8. The highest BCUT2D eigenvalue weighted by Gasteiger charge is 2.32. The van der Waals surface area contributed by atoms with Gasteiger partial charge < -0.3 is 5.32 Å². The third kappa shape index (κ3) is 3.10. The van der Waals surface area contributed by atoms with Gasteiger partial charge in [-0.15, -0.1) is 0 Å². The highest BCUT2D eigenvalue weighted by Crippen LogP contribution is 2.21. The normalized spacial score (nSPS) is 21.8. The highest BCUT2D eigenvalue weighted by molar-refractivity contribution is 7.92. The first kappa shape index (κ1) is 15.2. The van der Waals surface area contributed by atoms with Crippen molar-refractivity contribution in [1.82, 2.24) is 9.71 Å². The van der Waals surface area contributed by atoms with Crippen molar-refractivity contribution in [3.05, 3.63) is 18.3 Å². The van der Waals surface area contributed by atoms with Crippen molar-refractivity contribution in [1.29, 1.82) is 0 Å². The molecule has 0 aromatic carbocycles. The van der Waals surface area contributed by atoms with Crippen LogP contribution in [0.15, 0.2) is 23.2 Å². The second-order valence-corrected chi connectivity index (χ2v) is 8.72. The minimum absolute atomic E-state index is 0.0119. The molecule has 1 aromatic heterocycles. The molecule has 1 fully saturated rings. The van der Waals surface area contributed by atoms with Crippen LogP contribution in [0.2, 0.25) is 0 Å². The smallest absolute Gasteiger partial charge is 0.244 e. The van der Waals surface area contributed by atoms with Gasteiger partial charge in [0.05, 0.1) is 11.0 Å². The van der Waals surface area contributed by atoms with Gasteiger partial charge in [0.15, 0.2) is 9.84 Å². The van der Waals surface area contributed by atoms with Gasteiger partial charge in [-0.05, 0) is 25.0 Å². The molecule has 2 rings (SSSR count). The highest BCUT2D eigenvalue weighted by atomic mass is 32.2. The summed E-state index contributed by atoms with van der Waals surface area (Å²) in [6, 6.07) is 2.94. The average molecular weight is 319 g/mol. The Bertz CT molecular complexity index is 685. The van der Waals surface area contributed by atoms with Gasteiger partial charge in [-0.2, -0.15) is 0 Å². The van der Waals surface area contributed by atoms with E-state index in [9.17, 15) is 16.8 Å². The number of nitrogens with zero attached hydrogens (tertiary/aromatic N) is 1. The van der Waals surface area contributed by atoms with Crippen LogP contribution in [0, 0.1) is 0 Å². The fraction of sp³-hybridized carbons (Fsp3) is 0.545. The molecule has 112 valence electrons. The zero-order valence-electron chi connectivity index (χ0n) is 11.0. The maximum absolute atomic E-state index is 12.2. The Labute approximate surface area is 118 Å². The molecule has 7 nitrogen and oxygen atoms in total. The summed E-state index contributed by atoms with van der Waals surface area (Å²) in [5, 5.41) is 2.06. The van der Waals surface area contributed by atoms with Crippen molar-refractivity contribution >= 4 is 25.7 Å². The van der Waals surface area contributed by atoms with Gasteiger partial charge in [0.2, 0.25) is 10.0 Å². The molecule has 1 aromatic rings. The Morgan fingerprint density at radius 2 is 2.20 bits per heavy atom. The van der Waals surface area contributed by atoms with Crippen molar-refractivity contribution in [3.63, 3.8) is 0 Å². The van der Waals surface area contributed by atoms with Gasteiger partial charge in [-0.25, -0.2) is 26.5 Å². The summed E-state index contributed by atoms with van der Waals surface area (Å²) < 4.78 is 50.1. The van der Waals surface area contributed by atoms with Gasteiger partial charge in [0.1, 0.15) is 10.7 Å². The monoisotopic (exact) mass is 319 g/mol. The second-order valence-electron chi connectivity index (χ2n) is 4.58. The van der Waals surface area contributed by atoms with Crippen LogP contribution >= 0.6 is 0 Å². The Morgan fingerprint density at radius 1 is 1.45 bits per heavy atom. The zero-order valence-corrected chi connectivity index (χ0v) is 12.7. The number of hydrogen-bond acceptors (Lipinski definition) is 6. The minimum Gasteiger partial charge on any atom is -0.372 e. The lowest BCUT2D eigenvalue weighted by molar-refractivity contribution is 0.571. The summed E-state index contributed by atoms with van der Waals surface area (Å²) in [6.07, 6.45) is 2.56. The van der Waals surface area contributed by atoms with Gasteiger partial charge in [0.25, 0.3) is 0 Å². The Hall–Kier alpha value is -1.19. The summed E-state index contributed by atoms with van der Waals surface area (Å²) in [5.74, 6) is 0.364. The molecule has 2 N–H and O–H groups in total. The molecule has 20 heavy (non-hydrogen) atoms. The first-order valence-corrected chi connectivity index (χ1v) is 9.41. The molecule has 0 radical (unpaired) electrons. The van der Waals surface area contributed by atoms with E-state index in [2.05, 4.69) is 15.0 Å². The molecule has 1 atom stereocenters. The van der Waals surface area contributed by atoms with E-state index in [-0.39, 0.29) is 23.0 Å². The molecular weight excluding hydrogens is 302 g/mol. The Kier molecular flexibility index (Phi) is 4.31. The minimum atomic E-state index is -3.78. The molecule has 1 saturated heterocycles. The molecular formula is C11H17N3O4S2. The SMILES string of the molecule is CNc1ncccc1S(=O)(=O)NCC1CCCS1(=O)=O. The lowest BCUT2D eigenvalue weighted by Crippen LogP contribution is -2.34. The van der Waals surface area contributed by atoms with Crippen molar-refractivity contribution < 1.29 is 16.8 Å². The van der Waals surface area contributed by atoms with Crippen LogP contribution in [0.4, 0.5) is 5.82 Å². The number of hydrogen-bond donors (Lipinski definition) is 2. The molecule has 2 heterocycles. The lowest BCUT2D eigenvalue weighted by atomic mass is 10.2. The molecule has 0 bridgehead atoms. The summed E-state index contributed by atoms with van der Waals surface area (Å²) in [7, 11) is -5.37. The number of sulfonamides is 1. The van der Waals surface area contributed by atoms with E-state index in [1.807, 2.05) is 0 Å². The van der Waals surface area contributed by atoms with Gasteiger partial charge in [-0.3, -0.25) is 0 Å². The maximum atomic E-state index is 12.2. The van der Waals surface area contributed by atoms with Crippen LogP contribution < -0.4 is 10.0 Å². The van der Waals surface area contributed by atoms with Crippen molar-refractivity contribution in [3.8, 4) is 0 Å². The first-order chi connectivity index (χ1) is 9.37. The number of pyridine rings is 1. The van der Waals surface area contributed by atoms with E-state index < -0.39 is 25.1 Å². The summed E-state index contributed by atoms with van der Waals surface area (Å²) in [4.78, 5) is 3.94. The van der Waals surface area contributed by atoms with Crippen LogP contribution in [0.5, 0.6) is 0 Å². The van der Waals surface area contributed by atoms with E-state index in [0.29, 0.717) is 12.8 Å². The van der Waals surface area contributed by atoms with Crippen molar-refractivity contribution in [2.45, 2.75) is 23.0 Å². The van der Waals surface area contributed by atoms with Crippen LogP contribution in [0.25, 0.3) is 0 Å². The van der Waals surface area contributed by atoms with Crippen LogP contribution in [0.3, 0.4) is 0 Å². The maximum Gasteiger partial charge on any atom is 0.244 e. The fourth-order valence-electron chi connectivity index (χ4n) is 2.16. The van der Waals surface area contributed by atoms with Crippen LogP contribution in [-0.2, 0) is 19.9 Å². The predicted molar refractivity (Wildman–Crippen MR) is 75.8 cm³/mol. The molecule has 0 amide bonds. The summed E-state index contributed by atoms with van der Waals surface area (Å²) in [5.41, 5.74) is 0. The van der Waals surface area contributed by atoms with Gasteiger partial charge in [0, 0.05) is 19.8 Å². The van der Waals surface area contributed by atoms with Crippen molar-refractivity contribution in [2.24, 2.45) is 0 Å². The van der Waals surface area contributed by atoms with Crippen LogP contribution in [0.1, 0.15) is 12.8 Å². The molecule has 9 heteroatoms. The van der Waals surface area contributed by atoms with Gasteiger partial charge >= 0.3 is 0 Å². The number of sulfone groups is 1. The van der Waals surface area contributed by atoms with Gasteiger partial charge in [-0.1, -0.05) is 0 Å². The standard InChI is InChI=1S/C11H17N3O4S2/c1-12-11-10(5-2-6-13-11)20(17,18)14-8-9-4-3-7-19(9,15)16/h2,5-6,9,14H,3-4,7-8H2,1H3,(H,12,13). The van der Waals surface area contributed by atoms with Crippen molar-refractivity contribution in [2.75, 3.05) is 24.7 Å². The summed E-state index contributed by atoms with van der Waals surface area (Å²) in [6.45, 7) is -0.0945. The van der Waals surface area contributed by atoms with E-state index in [1.165, 1.54) is 18.3 Å². The number of nitrogens with one attached hydrogen (secondary N) is 2. The lowest BCUT2D eigenvalue weighted by Gasteiger charge is -2.13. The van der Waals surface area contributed by atoms with E-state index in [4.69, 9.17) is 0 Å². The first-order valence-electron chi connectivity index (χ1n) is 6.21. The topological polar surface area (TPSA) is 105 Å². The molecule has 1 aliphatic rings. The average Bonchev–Trinajstić information content (AvgIpc) is 2.75. The fourth-order valence-corrected chi connectivity index (χ4v) is 5.28. The van der Waals surface area contributed by atoms with Crippen LogP contribution in [-0.4, -0.2) is 46.4 Å². The Balaban J connectivity index is 2.16. The number of anilines is 1. The van der Waals surface area contributed by atoms with E-state index >= 15 is 0 Å². The third-order valence-electron chi connectivity index (χ3n) is 3.26. The number of aromatic nitrogens is 1. The van der Waals surface area contributed by atoms with E-state index in [1.54, 1.807) is 7.05 Å². The summed E-state index contributed by atoms with van der Waals surface area (Å²) >= 11 is 0. The molecule has 1 aliphatic heterocycles. The molecule has 0 spiro atoms. The largest absolute Gasteiger partial charge is 0.372 e. The van der Waals surface area contributed by atoms with E-state index in [0.717, 1.165) is 0 Å². The third-order valence-corrected chi connectivity index (χ3v) is 6.99. The predicted octanol–water partition coefficient (Wildman–Crippen LogP) is -0.0212.